The van der Waals surface area contributed by atoms with E-state index in [4.69, 9.17) is 4.74 Å². The molecule has 1 atom stereocenters. The van der Waals surface area contributed by atoms with E-state index in [-0.39, 0.29) is 11.8 Å². The molecule has 1 N–H and O–H groups in total. The first-order chi connectivity index (χ1) is 10.3. The van der Waals surface area contributed by atoms with Crippen molar-refractivity contribution < 1.29 is 14.3 Å². The van der Waals surface area contributed by atoms with E-state index in [0.717, 1.165) is 11.1 Å². The highest BCUT2D eigenvalue weighted by molar-refractivity contribution is 5.98. The van der Waals surface area contributed by atoms with Crippen molar-refractivity contribution in [3.05, 3.63) is 35.4 Å². The minimum Gasteiger partial charge on any atom is -0.444 e. The van der Waals surface area contributed by atoms with E-state index in [0.29, 0.717) is 19.6 Å². The number of nitrogens with one attached hydrogen (secondary N) is 1. The number of benzene rings is 1. The smallest absolute Gasteiger partial charge is 0.407 e. The van der Waals surface area contributed by atoms with Crippen molar-refractivity contribution in [1.82, 2.24) is 10.2 Å². The van der Waals surface area contributed by atoms with Crippen molar-refractivity contribution in [3.8, 4) is 0 Å². The summed E-state index contributed by atoms with van der Waals surface area (Å²) in [7, 11) is 0. The lowest BCUT2D eigenvalue weighted by atomic mass is 10.1. The monoisotopic (exact) mass is 304 g/mol. The molecule has 0 saturated carbocycles. The Kier molecular flexibility index (Phi) is 4.74. The standard InChI is InChI=1S/C17H24N2O3/c1-12(9-18-16(21)22-17(2,3)4)10-19-11-13-7-5-6-8-14(13)15(19)20/h5-8,12H,9-11H2,1-4H3,(H,18,21)/t12-/m1/s1. The van der Waals surface area contributed by atoms with Crippen LogP contribution in [-0.4, -0.2) is 35.6 Å². The topological polar surface area (TPSA) is 58.6 Å². The summed E-state index contributed by atoms with van der Waals surface area (Å²) in [6.45, 7) is 9.24. The Bertz CT molecular complexity index is 563. The first-order valence-electron chi connectivity index (χ1n) is 7.60. The maximum absolute atomic E-state index is 12.3. The molecule has 2 rings (SSSR count). The molecule has 0 aromatic heterocycles. The van der Waals surface area contributed by atoms with Crippen LogP contribution in [0.1, 0.15) is 43.6 Å². The van der Waals surface area contributed by atoms with Crippen LogP contribution in [0.25, 0.3) is 0 Å². The number of rotatable bonds is 4. The number of hydrogen-bond acceptors (Lipinski definition) is 3. The van der Waals surface area contributed by atoms with E-state index in [2.05, 4.69) is 5.32 Å². The molecule has 0 unspecified atom stereocenters. The molecule has 1 aliphatic rings. The number of carbonyl (C=O) groups is 2. The van der Waals surface area contributed by atoms with Crippen LogP contribution in [0.3, 0.4) is 0 Å². The number of alkyl carbamates (subject to hydrolysis) is 1. The Morgan fingerprint density at radius 2 is 2.05 bits per heavy atom. The number of fused-ring (bicyclic) bond motifs is 1. The van der Waals surface area contributed by atoms with E-state index < -0.39 is 11.7 Å². The average Bonchev–Trinajstić information content (AvgIpc) is 2.72. The van der Waals surface area contributed by atoms with Gasteiger partial charge in [0, 0.05) is 25.2 Å². The van der Waals surface area contributed by atoms with Crippen LogP contribution in [0, 0.1) is 5.92 Å². The van der Waals surface area contributed by atoms with Crippen LogP contribution >= 0.6 is 0 Å². The molecule has 0 aliphatic carbocycles. The summed E-state index contributed by atoms with van der Waals surface area (Å²) < 4.78 is 5.20. The molecule has 5 nitrogen and oxygen atoms in total. The highest BCUT2D eigenvalue weighted by Crippen LogP contribution is 2.22. The molecule has 120 valence electrons. The average molecular weight is 304 g/mol. The van der Waals surface area contributed by atoms with E-state index in [1.807, 2.05) is 56.9 Å². The maximum Gasteiger partial charge on any atom is 0.407 e. The third-order valence-electron chi connectivity index (χ3n) is 3.42. The highest BCUT2D eigenvalue weighted by atomic mass is 16.6. The first kappa shape index (κ1) is 16.3. The fourth-order valence-electron chi connectivity index (χ4n) is 2.47. The second-order valence-corrected chi connectivity index (χ2v) is 6.83. The number of hydrogen-bond donors (Lipinski definition) is 1. The number of nitrogens with zero attached hydrogens (tertiary/aromatic N) is 1. The van der Waals surface area contributed by atoms with Gasteiger partial charge in [-0.3, -0.25) is 4.79 Å². The molecule has 1 heterocycles. The van der Waals surface area contributed by atoms with Gasteiger partial charge in [-0.25, -0.2) is 4.79 Å². The van der Waals surface area contributed by atoms with Crippen LogP contribution in [0.5, 0.6) is 0 Å². The van der Waals surface area contributed by atoms with Gasteiger partial charge in [0.05, 0.1) is 0 Å². The van der Waals surface area contributed by atoms with Crippen LogP contribution in [0.2, 0.25) is 0 Å². The van der Waals surface area contributed by atoms with Gasteiger partial charge in [0.2, 0.25) is 0 Å². The Labute approximate surface area is 131 Å². The van der Waals surface area contributed by atoms with Crippen molar-refractivity contribution in [2.24, 2.45) is 5.92 Å². The van der Waals surface area contributed by atoms with Crippen molar-refractivity contribution in [1.29, 1.82) is 0 Å². The third-order valence-corrected chi connectivity index (χ3v) is 3.42. The Hall–Kier alpha value is -2.04. The van der Waals surface area contributed by atoms with Gasteiger partial charge in [-0.15, -0.1) is 0 Å². The maximum atomic E-state index is 12.3. The SMILES string of the molecule is C[C@H](CNC(=O)OC(C)(C)C)CN1Cc2ccccc2C1=O. The van der Waals surface area contributed by atoms with Gasteiger partial charge >= 0.3 is 6.09 Å². The molecule has 5 heteroatoms. The summed E-state index contributed by atoms with van der Waals surface area (Å²) in [6.07, 6.45) is -0.421. The molecule has 1 aromatic rings. The minimum atomic E-state index is -0.500. The first-order valence-corrected chi connectivity index (χ1v) is 7.60. The van der Waals surface area contributed by atoms with Crippen LogP contribution in [0.15, 0.2) is 24.3 Å². The van der Waals surface area contributed by atoms with Crippen LogP contribution in [0.4, 0.5) is 4.79 Å². The number of amides is 2. The zero-order chi connectivity index (χ0) is 16.3. The van der Waals surface area contributed by atoms with Gasteiger partial charge in [-0.1, -0.05) is 25.1 Å². The molecule has 2 amide bonds. The summed E-state index contributed by atoms with van der Waals surface area (Å²) in [5, 5.41) is 2.75. The Morgan fingerprint density at radius 3 is 2.68 bits per heavy atom. The lowest BCUT2D eigenvalue weighted by Gasteiger charge is -2.23. The van der Waals surface area contributed by atoms with Crippen molar-refractivity contribution >= 4 is 12.0 Å². The van der Waals surface area contributed by atoms with Gasteiger partial charge < -0.3 is 15.0 Å². The van der Waals surface area contributed by atoms with Gasteiger partial charge in [0.25, 0.3) is 5.91 Å². The molecule has 1 aromatic carbocycles. The largest absolute Gasteiger partial charge is 0.444 e. The summed E-state index contributed by atoms with van der Waals surface area (Å²) >= 11 is 0. The van der Waals surface area contributed by atoms with E-state index >= 15 is 0 Å². The van der Waals surface area contributed by atoms with Gasteiger partial charge in [0.15, 0.2) is 0 Å². The van der Waals surface area contributed by atoms with E-state index in [1.54, 1.807) is 0 Å². The summed E-state index contributed by atoms with van der Waals surface area (Å²) in [4.78, 5) is 25.7. The van der Waals surface area contributed by atoms with Gasteiger partial charge in [-0.2, -0.15) is 0 Å². The van der Waals surface area contributed by atoms with Crippen molar-refractivity contribution in [2.75, 3.05) is 13.1 Å². The molecule has 0 spiro atoms. The lowest BCUT2D eigenvalue weighted by molar-refractivity contribution is 0.0516. The minimum absolute atomic E-state index is 0.0692. The molecular formula is C17H24N2O3. The van der Waals surface area contributed by atoms with Crippen LogP contribution < -0.4 is 5.32 Å². The summed E-state index contributed by atoms with van der Waals surface area (Å²) in [5.41, 5.74) is 1.36. The zero-order valence-electron chi connectivity index (χ0n) is 13.7. The molecular weight excluding hydrogens is 280 g/mol. The fraction of sp³-hybridized carbons (Fsp3) is 0.529. The molecule has 1 aliphatic heterocycles. The summed E-state index contributed by atoms with van der Waals surface area (Å²) in [6, 6.07) is 7.68. The number of carbonyl (C=O) groups excluding carboxylic acids is 2. The van der Waals surface area contributed by atoms with Gasteiger partial charge in [-0.05, 0) is 38.3 Å². The molecule has 0 fully saturated rings. The predicted octanol–water partition coefficient (Wildman–Crippen LogP) is 2.80. The summed E-state index contributed by atoms with van der Waals surface area (Å²) in [5.74, 6) is 0.227. The Balaban J connectivity index is 1.80. The van der Waals surface area contributed by atoms with Crippen LogP contribution in [-0.2, 0) is 11.3 Å². The normalized spacial score (nSPS) is 15.5. The van der Waals surface area contributed by atoms with Gasteiger partial charge in [0.1, 0.15) is 5.60 Å². The predicted molar refractivity (Wildman–Crippen MR) is 84.6 cm³/mol. The quantitative estimate of drug-likeness (QED) is 0.930. The Morgan fingerprint density at radius 1 is 1.36 bits per heavy atom. The third kappa shape index (κ3) is 4.23. The molecule has 22 heavy (non-hydrogen) atoms. The number of ether oxygens (including phenoxy) is 1. The van der Waals surface area contributed by atoms with E-state index in [1.165, 1.54) is 0 Å². The second kappa shape index (κ2) is 6.38. The van der Waals surface area contributed by atoms with Crippen molar-refractivity contribution in [3.63, 3.8) is 0 Å². The highest BCUT2D eigenvalue weighted by Gasteiger charge is 2.27. The second-order valence-electron chi connectivity index (χ2n) is 6.83. The zero-order valence-corrected chi connectivity index (χ0v) is 13.7. The lowest BCUT2D eigenvalue weighted by Crippen LogP contribution is -2.38. The van der Waals surface area contributed by atoms with Crippen molar-refractivity contribution in [2.45, 2.75) is 39.8 Å². The molecule has 0 bridgehead atoms. The molecule has 0 radical (unpaired) electrons. The fourth-order valence-corrected chi connectivity index (χ4v) is 2.47. The molecule has 0 saturated heterocycles. The van der Waals surface area contributed by atoms with E-state index in [9.17, 15) is 9.59 Å².